The molecule has 1 aromatic heterocycles. The van der Waals surface area contributed by atoms with Gasteiger partial charge in [0.15, 0.2) is 0 Å². The quantitative estimate of drug-likeness (QED) is 0.824. The van der Waals surface area contributed by atoms with Crippen LogP contribution in [0.15, 0.2) is 18.5 Å². The maximum atomic E-state index is 6.09. The molecule has 0 fully saturated rings. The molecule has 1 rings (SSSR count). The van der Waals surface area contributed by atoms with E-state index in [9.17, 15) is 0 Å². The molecule has 4 heteroatoms. The molecule has 0 aliphatic heterocycles. The van der Waals surface area contributed by atoms with E-state index < -0.39 is 0 Å². The lowest BCUT2D eigenvalue weighted by molar-refractivity contribution is 0.364. The summed E-state index contributed by atoms with van der Waals surface area (Å²) in [7, 11) is 6.17. The van der Waals surface area contributed by atoms with E-state index in [0.717, 1.165) is 30.0 Å². The Labute approximate surface area is 103 Å². The van der Waals surface area contributed by atoms with Gasteiger partial charge >= 0.3 is 0 Å². The topological polar surface area (TPSA) is 28.2 Å². The van der Waals surface area contributed by atoms with Crippen LogP contribution >= 0.6 is 11.6 Å². The van der Waals surface area contributed by atoms with E-state index in [1.165, 1.54) is 0 Å². The second-order valence-corrected chi connectivity index (χ2v) is 4.66. The van der Waals surface area contributed by atoms with Crippen LogP contribution in [0.4, 0.5) is 0 Å². The van der Waals surface area contributed by atoms with Gasteiger partial charge in [0.2, 0.25) is 0 Å². The van der Waals surface area contributed by atoms with E-state index in [0.29, 0.717) is 6.04 Å². The predicted molar refractivity (Wildman–Crippen MR) is 69.0 cm³/mol. The number of pyridine rings is 1. The van der Waals surface area contributed by atoms with Gasteiger partial charge in [-0.05, 0) is 52.2 Å². The summed E-state index contributed by atoms with van der Waals surface area (Å²) in [5.41, 5.74) is 1.16. The first-order valence-electron chi connectivity index (χ1n) is 5.54. The summed E-state index contributed by atoms with van der Waals surface area (Å²) in [4.78, 5) is 6.18. The highest BCUT2D eigenvalue weighted by Gasteiger charge is 2.09. The lowest BCUT2D eigenvalue weighted by Gasteiger charge is -2.19. The Morgan fingerprint density at radius 3 is 2.81 bits per heavy atom. The van der Waals surface area contributed by atoms with Gasteiger partial charge in [-0.3, -0.25) is 4.98 Å². The summed E-state index contributed by atoms with van der Waals surface area (Å²) in [5.74, 6) is 0. The molecule has 0 saturated carbocycles. The van der Waals surface area contributed by atoms with E-state index in [-0.39, 0.29) is 0 Å². The SMILES string of the molecule is CNC(CCN(C)C)Cc1ccncc1Cl. The number of nitrogens with one attached hydrogen (secondary N) is 1. The Morgan fingerprint density at radius 1 is 1.50 bits per heavy atom. The van der Waals surface area contributed by atoms with Gasteiger partial charge in [0.1, 0.15) is 0 Å². The molecular formula is C12H20ClN3. The molecule has 16 heavy (non-hydrogen) atoms. The summed E-state index contributed by atoms with van der Waals surface area (Å²) < 4.78 is 0. The minimum Gasteiger partial charge on any atom is -0.317 e. The Bertz CT molecular complexity index is 315. The van der Waals surface area contributed by atoms with Crippen molar-refractivity contribution in [1.82, 2.24) is 15.2 Å². The highest BCUT2D eigenvalue weighted by atomic mass is 35.5. The van der Waals surface area contributed by atoms with Crippen LogP contribution in [0.5, 0.6) is 0 Å². The van der Waals surface area contributed by atoms with Crippen molar-refractivity contribution in [3.63, 3.8) is 0 Å². The molecule has 90 valence electrons. The summed E-state index contributed by atoms with van der Waals surface area (Å²) >= 11 is 6.09. The smallest absolute Gasteiger partial charge is 0.0621 e. The Balaban J connectivity index is 2.53. The van der Waals surface area contributed by atoms with Gasteiger partial charge in [-0.1, -0.05) is 11.6 Å². The number of likely N-dealkylation sites (N-methyl/N-ethyl adjacent to an activating group) is 1. The molecule has 0 saturated heterocycles. The number of hydrogen-bond acceptors (Lipinski definition) is 3. The summed E-state index contributed by atoms with van der Waals surface area (Å²) in [6.45, 7) is 1.08. The van der Waals surface area contributed by atoms with Gasteiger partial charge in [0.25, 0.3) is 0 Å². The van der Waals surface area contributed by atoms with Crippen LogP contribution in [0.1, 0.15) is 12.0 Å². The molecule has 1 heterocycles. The van der Waals surface area contributed by atoms with Crippen LogP contribution in [0.25, 0.3) is 0 Å². The van der Waals surface area contributed by atoms with Crippen molar-refractivity contribution in [2.45, 2.75) is 18.9 Å². The van der Waals surface area contributed by atoms with Crippen molar-refractivity contribution in [2.75, 3.05) is 27.7 Å². The van der Waals surface area contributed by atoms with Gasteiger partial charge in [0.05, 0.1) is 5.02 Å². The van der Waals surface area contributed by atoms with Crippen LogP contribution in [-0.2, 0) is 6.42 Å². The Kier molecular flexibility index (Phi) is 5.74. The predicted octanol–water partition coefficient (Wildman–Crippen LogP) is 1.82. The Morgan fingerprint density at radius 2 is 2.25 bits per heavy atom. The van der Waals surface area contributed by atoms with Gasteiger partial charge in [-0.15, -0.1) is 0 Å². The van der Waals surface area contributed by atoms with E-state index in [2.05, 4.69) is 29.3 Å². The minimum absolute atomic E-state index is 0.460. The molecule has 0 amide bonds. The van der Waals surface area contributed by atoms with Crippen molar-refractivity contribution < 1.29 is 0 Å². The molecular weight excluding hydrogens is 222 g/mol. The zero-order chi connectivity index (χ0) is 12.0. The molecule has 0 aliphatic carbocycles. The number of aromatic nitrogens is 1. The molecule has 0 aromatic carbocycles. The monoisotopic (exact) mass is 241 g/mol. The first-order valence-corrected chi connectivity index (χ1v) is 5.91. The average molecular weight is 242 g/mol. The molecule has 0 radical (unpaired) electrons. The largest absolute Gasteiger partial charge is 0.317 e. The fraction of sp³-hybridized carbons (Fsp3) is 0.583. The van der Waals surface area contributed by atoms with Crippen LogP contribution < -0.4 is 5.32 Å². The summed E-state index contributed by atoms with van der Waals surface area (Å²) in [6.07, 6.45) is 5.56. The highest BCUT2D eigenvalue weighted by Crippen LogP contribution is 2.16. The number of nitrogens with zero attached hydrogens (tertiary/aromatic N) is 2. The summed E-state index contributed by atoms with van der Waals surface area (Å²) in [6, 6.07) is 2.45. The molecule has 3 nitrogen and oxygen atoms in total. The maximum absolute atomic E-state index is 6.09. The zero-order valence-electron chi connectivity index (χ0n) is 10.2. The van der Waals surface area contributed by atoms with Gasteiger partial charge < -0.3 is 10.2 Å². The van der Waals surface area contributed by atoms with Crippen molar-refractivity contribution in [3.05, 3.63) is 29.0 Å². The second kappa shape index (κ2) is 6.84. The number of rotatable bonds is 6. The van der Waals surface area contributed by atoms with E-state index in [1.54, 1.807) is 12.4 Å². The van der Waals surface area contributed by atoms with Gasteiger partial charge in [0, 0.05) is 18.4 Å². The van der Waals surface area contributed by atoms with Crippen molar-refractivity contribution in [1.29, 1.82) is 0 Å². The van der Waals surface area contributed by atoms with Crippen LogP contribution in [0, 0.1) is 0 Å². The fourth-order valence-corrected chi connectivity index (χ4v) is 1.79. The number of halogens is 1. The first kappa shape index (κ1) is 13.4. The third kappa shape index (κ3) is 4.47. The highest BCUT2D eigenvalue weighted by molar-refractivity contribution is 6.31. The molecule has 0 bridgehead atoms. The molecule has 1 N–H and O–H groups in total. The van der Waals surface area contributed by atoms with Crippen molar-refractivity contribution in [2.24, 2.45) is 0 Å². The summed E-state index contributed by atoms with van der Waals surface area (Å²) in [5, 5.41) is 4.08. The molecule has 1 aromatic rings. The minimum atomic E-state index is 0.460. The van der Waals surface area contributed by atoms with Crippen molar-refractivity contribution in [3.8, 4) is 0 Å². The van der Waals surface area contributed by atoms with Crippen LogP contribution in [0.3, 0.4) is 0 Å². The standard InChI is InChI=1S/C12H20ClN3/c1-14-11(5-7-16(2)3)8-10-4-6-15-9-12(10)13/h4,6,9,11,14H,5,7-8H2,1-3H3. The number of hydrogen-bond donors (Lipinski definition) is 1. The van der Waals surface area contributed by atoms with E-state index >= 15 is 0 Å². The molecule has 0 aliphatic rings. The van der Waals surface area contributed by atoms with E-state index in [1.807, 2.05) is 13.1 Å². The lowest BCUT2D eigenvalue weighted by atomic mass is 10.0. The lowest BCUT2D eigenvalue weighted by Crippen LogP contribution is -2.31. The third-order valence-corrected chi connectivity index (χ3v) is 3.00. The molecule has 0 spiro atoms. The second-order valence-electron chi connectivity index (χ2n) is 4.25. The molecule has 1 unspecified atom stereocenters. The maximum Gasteiger partial charge on any atom is 0.0621 e. The first-order chi connectivity index (χ1) is 7.63. The zero-order valence-corrected chi connectivity index (χ0v) is 11.0. The molecule has 1 atom stereocenters. The van der Waals surface area contributed by atoms with Gasteiger partial charge in [-0.2, -0.15) is 0 Å². The Hall–Kier alpha value is -0.640. The third-order valence-electron chi connectivity index (χ3n) is 2.66. The van der Waals surface area contributed by atoms with Crippen LogP contribution in [-0.4, -0.2) is 43.6 Å². The normalized spacial score (nSPS) is 13.1. The van der Waals surface area contributed by atoms with Crippen molar-refractivity contribution >= 4 is 11.6 Å². The average Bonchev–Trinajstić information content (AvgIpc) is 2.26. The van der Waals surface area contributed by atoms with Crippen LogP contribution in [0.2, 0.25) is 5.02 Å². The fourth-order valence-electron chi connectivity index (χ4n) is 1.60. The van der Waals surface area contributed by atoms with E-state index in [4.69, 9.17) is 11.6 Å². The van der Waals surface area contributed by atoms with Gasteiger partial charge in [-0.25, -0.2) is 0 Å².